The molecule has 2 N–H and O–H groups in total. The summed E-state index contributed by atoms with van der Waals surface area (Å²) >= 11 is 0. The molecule has 0 unspecified atom stereocenters. The monoisotopic (exact) mass is 255 g/mol. The maximum absolute atomic E-state index is 12.7. The second kappa shape index (κ2) is 4.49. The van der Waals surface area contributed by atoms with Crippen LogP contribution in [0.15, 0.2) is 36.4 Å². The number of methoxy groups -OCH3 is 1. The number of fused-ring (bicyclic) bond motifs is 1. The van der Waals surface area contributed by atoms with Gasteiger partial charge in [-0.2, -0.15) is 13.2 Å². The summed E-state index contributed by atoms with van der Waals surface area (Å²) in [6.45, 7) is 0. The highest BCUT2D eigenvalue weighted by Gasteiger charge is 2.38. The number of halogens is 3. The molecule has 0 heterocycles. The van der Waals surface area contributed by atoms with Crippen molar-refractivity contribution in [2.45, 2.75) is 12.2 Å². The van der Waals surface area contributed by atoms with Crippen LogP contribution < -0.4 is 10.5 Å². The molecular formula is C13H12F3NO. The van der Waals surface area contributed by atoms with Crippen molar-refractivity contribution >= 4 is 10.8 Å². The summed E-state index contributed by atoms with van der Waals surface area (Å²) in [6, 6.07) is 7.78. The normalized spacial score (nSPS) is 13.6. The number of hydrogen-bond donors (Lipinski definition) is 1. The van der Waals surface area contributed by atoms with Gasteiger partial charge in [-0.05, 0) is 28.5 Å². The first-order valence-electron chi connectivity index (χ1n) is 5.32. The van der Waals surface area contributed by atoms with Crippen molar-refractivity contribution in [3.8, 4) is 5.75 Å². The Kier molecular flexibility index (Phi) is 3.17. The molecule has 2 aromatic rings. The van der Waals surface area contributed by atoms with Gasteiger partial charge in [-0.3, -0.25) is 0 Å². The number of rotatable bonds is 2. The zero-order chi connectivity index (χ0) is 13.3. The van der Waals surface area contributed by atoms with Gasteiger partial charge in [-0.15, -0.1) is 0 Å². The molecule has 5 heteroatoms. The fraction of sp³-hybridized carbons (Fsp3) is 0.231. The minimum absolute atomic E-state index is 0.0254. The lowest BCUT2D eigenvalue weighted by atomic mass is 9.98. The Labute approximate surface area is 102 Å². The Morgan fingerprint density at radius 3 is 2.44 bits per heavy atom. The molecule has 96 valence electrons. The van der Waals surface area contributed by atoms with Gasteiger partial charge in [0, 0.05) is 0 Å². The molecule has 0 saturated carbocycles. The van der Waals surface area contributed by atoms with E-state index in [9.17, 15) is 13.2 Å². The van der Waals surface area contributed by atoms with E-state index in [1.807, 2.05) is 0 Å². The first kappa shape index (κ1) is 12.7. The molecule has 0 aliphatic carbocycles. The molecule has 2 rings (SSSR count). The maximum Gasteiger partial charge on any atom is 0.407 e. The molecule has 1 atom stereocenters. The van der Waals surface area contributed by atoms with Gasteiger partial charge < -0.3 is 10.5 Å². The van der Waals surface area contributed by atoms with Crippen LogP contribution in [0.2, 0.25) is 0 Å². The van der Waals surface area contributed by atoms with Crippen molar-refractivity contribution < 1.29 is 17.9 Å². The molecule has 2 nitrogen and oxygen atoms in total. The standard InChI is InChI=1S/C13H12F3NO/c1-18-9-6-8-4-2-3-5-10(8)11(7-9)12(17)13(14,15)16/h2-7,12H,17H2,1H3/t12-/m0/s1. The van der Waals surface area contributed by atoms with E-state index >= 15 is 0 Å². The Morgan fingerprint density at radius 2 is 1.83 bits per heavy atom. The minimum Gasteiger partial charge on any atom is -0.497 e. The lowest BCUT2D eigenvalue weighted by Crippen LogP contribution is -2.28. The first-order chi connectivity index (χ1) is 8.43. The maximum atomic E-state index is 12.7. The van der Waals surface area contributed by atoms with Crippen LogP contribution in [-0.2, 0) is 0 Å². The Hall–Kier alpha value is -1.75. The van der Waals surface area contributed by atoms with Gasteiger partial charge in [-0.25, -0.2) is 0 Å². The van der Waals surface area contributed by atoms with E-state index < -0.39 is 12.2 Å². The van der Waals surface area contributed by atoms with Crippen molar-refractivity contribution in [3.05, 3.63) is 42.0 Å². The first-order valence-corrected chi connectivity index (χ1v) is 5.32. The largest absolute Gasteiger partial charge is 0.497 e. The van der Waals surface area contributed by atoms with E-state index in [0.717, 1.165) is 0 Å². The number of alkyl halides is 3. The van der Waals surface area contributed by atoms with Crippen LogP contribution in [0, 0.1) is 0 Å². The molecule has 0 aliphatic rings. The lowest BCUT2D eigenvalue weighted by molar-refractivity contribution is -0.148. The minimum atomic E-state index is -4.48. The van der Waals surface area contributed by atoms with Crippen molar-refractivity contribution in [1.82, 2.24) is 0 Å². The van der Waals surface area contributed by atoms with Crippen LogP contribution >= 0.6 is 0 Å². The molecule has 0 radical (unpaired) electrons. The highest BCUT2D eigenvalue weighted by atomic mass is 19.4. The van der Waals surface area contributed by atoms with E-state index in [2.05, 4.69) is 0 Å². The number of nitrogens with two attached hydrogens (primary N) is 1. The van der Waals surface area contributed by atoms with E-state index in [1.54, 1.807) is 30.3 Å². The van der Waals surface area contributed by atoms with Crippen molar-refractivity contribution in [1.29, 1.82) is 0 Å². The molecule has 0 saturated heterocycles. The van der Waals surface area contributed by atoms with Crippen molar-refractivity contribution in [2.24, 2.45) is 5.73 Å². The number of hydrogen-bond acceptors (Lipinski definition) is 2. The van der Waals surface area contributed by atoms with E-state index in [0.29, 0.717) is 16.5 Å². The number of ether oxygens (including phenoxy) is 1. The summed E-state index contributed by atoms with van der Waals surface area (Å²) in [5.74, 6) is 0.364. The molecule has 0 fully saturated rings. The summed E-state index contributed by atoms with van der Waals surface area (Å²) < 4.78 is 43.2. The molecule has 0 spiro atoms. The zero-order valence-electron chi connectivity index (χ0n) is 9.66. The summed E-state index contributed by atoms with van der Waals surface area (Å²) in [7, 11) is 1.41. The molecule has 0 aliphatic heterocycles. The quantitative estimate of drug-likeness (QED) is 0.892. The smallest absolute Gasteiger partial charge is 0.407 e. The van der Waals surface area contributed by atoms with Crippen LogP contribution in [0.1, 0.15) is 11.6 Å². The average Bonchev–Trinajstić information content (AvgIpc) is 2.35. The highest BCUT2D eigenvalue weighted by molar-refractivity contribution is 5.87. The van der Waals surface area contributed by atoms with Crippen LogP contribution in [0.3, 0.4) is 0 Å². The van der Waals surface area contributed by atoms with Crippen LogP contribution in [-0.4, -0.2) is 13.3 Å². The molecule has 0 amide bonds. The SMILES string of the molecule is COc1cc([C@H](N)C(F)(F)F)c2ccccc2c1. The Bertz CT molecular complexity index is 566. The fourth-order valence-corrected chi connectivity index (χ4v) is 1.86. The van der Waals surface area contributed by atoms with Gasteiger partial charge in [0.05, 0.1) is 7.11 Å². The van der Waals surface area contributed by atoms with Gasteiger partial charge in [0.15, 0.2) is 0 Å². The fourth-order valence-electron chi connectivity index (χ4n) is 1.86. The van der Waals surface area contributed by atoms with Gasteiger partial charge in [0.25, 0.3) is 0 Å². The predicted octanol–water partition coefficient (Wildman–Crippen LogP) is 3.41. The molecule has 0 aromatic heterocycles. The number of benzene rings is 2. The van der Waals surface area contributed by atoms with Gasteiger partial charge in [-0.1, -0.05) is 24.3 Å². The predicted molar refractivity (Wildman–Crippen MR) is 63.5 cm³/mol. The Balaban J connectivity index is 2.68. The second-order valence-electron chi connectivity index (χ2n) is 3.96. The molecular weight excluding hydrogens is 243 g/mol. The van der Waals surface area contributed by atoms with Gasteiger partial charge in [0.1, 0.15) is 11.8 Å². The van der Waals surface area contributed by atoms with E-state index in [4.69, 9.17) is 10.5 Å². The summed E-state index contributed by atoms with van der Waals surface area (Å²) in [5, 5.41) is 1.16. The van der Waals surface area contributed by atoms with Crippen molar-refractivity contribution in [2.75, 3.05) is 7.11 Å². The molecule has 0 bridgehead atoms. The Morgan fingerprint density at radius 1 is 1.17 bits per heavy atom. The summed E-state index contributed by atoms with van der Waals surface area (Å²) in [5.41, 5.74) is 5.31. The molecule has 18 heavy (non-hydrogen) atoms. The lowest BCUT2D eigenvalue weighted by Gasteiger charge is -2.18. The third kappa shape index (κ3) is 2.26. The second-order valence-corrected chi connectivity index (χ2v) is 3.96. The average molecular weight is 255 g/mol. The molecule has 2 aromatic carbocycles. The van der Waals surface area contributed by atoms with Crippen LogP contribution in [0.4, 0.5) is 13.2 Å². The summed E-state index contributed by atoms with van der Waals surface area (Å²) in [4.78, 5) is 0. The van der Waals surface area contributed by atoms with E-state index in [-0.39, 0.29) is 5.56 Å². The highest BCUT2D eigenvalue weighted by Crippen LogP contribution is 2.36. The van der Waals surface area contributed by atoms with Crippen LogP contribution in [0.5, 0.6) is 5.75 Å². The third-order valence-electron chi connectivity index (χ3n) is 2.79. The zero-order valence-corrected chi connectivity index (χ0v) is 9.66. The summed E-state index contributed by atoms with van der Waals surface area (Å²) in [6.07, 6.45) is -4.48. The van der Waals surface area contributed by atoms with Gasteiger partial charge in [0.2, 0.25) is 0 Å². The van der Waals surface area contributed by atoms with E-state index in [1.165, 1.54) is 13.2 Å². The van der Waals surface area contributed by atoms with Crippen LogP contribution in [0.25, 0.3) is 10.8 Å². The third-order valence-corrected chi connectivity index (χ3v) is 2.79. The van der Waals surface area contributed by atoms with Gasteiger partial charge >= 0.3 is 6.18 Å². The topological polar surface area (TPSA) is 35.2 Å². The van der Waals surface area contributed by atoms with Crippen molar-refractivity contribution in [3.63, 3.8) is 0 Å².